The lowest BCUT2D eigenvalue weighted by Crippen LogP contribution is -2.17. The molecule has 0 fully saturated rings. The number of H-pyrrole nitrogens is 1. The number of alkyl halides is 3. The predicted octanol–water partition coefficient (Wildman–Crippen LogP) is 1.50. The summed E-state index contributed by atoms with van der Waals surface area (Å²) in [5.74, 6) is -0.483. The molecule has 0 aromatic carbocycles. The van der Waals surface area contributed by atoms with Crippen LogP contribution in [-0.2, 0) is 13.2 Å². The van der Waals surface area contributed by atoms with Crippen molar-refractivity contribution < 1.29 is 18.0 Å². The maximum atomic E-state index is 12.5. The summed E-state index contributed by atoms with van der Waals surface area (Å²) < 4.78 is 39.0. The lowest BCUT2D eigenvalue weighted by molar-refractivity contribution is -0.141. The number of hydrogen-bond acceptors (Lipinski definition) is 5. The van der Waals surface area contributed by atoms with E-state index in [0.717, 1.165) is 11.8 Å². The number of aromatic nitrogens is 4. The minimum Gasteiger partial charge on any atom is -0.301 e. The van der Waals surface area contributed by atoms with Crippen LogP contribution in [0.4, 0.5) is 13.2 Å². The number of aromatic amines is 1. The quantitative estimate of drug-likeness (QED) is 0.525. The Morgan fingerprint density at radius 2 is 2.19 bits per heavy atom. The van der Waals surface area contributed by atoms with Crippen LogP contribution in [-0.4, -0.2) is 31.3 Å². The fourth-order valence-electron chi connectivity index (χ4n) is 1.43. The second-order valence-electron chi connectivity index (χ2n) is 4.05. The summed E-state index contributed by atoms with van der Waals surface area (Å²) in [4.78, 5) is 28.4. The second kappa shape index (κ2) is 5.72. The van der Waals surface area contributed by atoms with Crippen LogP contribution < -0.4 is 5.56 Å². The first-order valence-corrected chi connectivity index (χ1v) is 6.57. The van der Waals surface area contributed by atoms with Gasteiger partial charge in [0.25, 0.3) is 5.56 Å². The standard InChI is InChI=1S/C11H9F3N4O2S/c1-18-4-6(3-15-18)7(19)5-21-10-16-8(11(12,13)14)2-9(20)17-10/h2-4H,5H2,1H3,(H,16,17,20). The van der Waals surface area contributed by atoms with E-state index in [1.165, 1.54) is 17.1 Å². The van der Waals surface area contributed by atoms with E-state index in [-0.39, 0.29) is 16.7 Å². The molecule has 0 aliphatic heterocycles. The van der Waals surface area contributed by atoms with Crippen LogP contribution in [0.5, 0.6) is 0 Å². The zero-order chi connectivity index (χ0) is 15.6. The van der Waals surface area contributed by atoms with Crippen molar-refractivity contribution in [2.45, 2.75) is 11.3 Å². The van der Waals surface area contributed by atoms with Gasteiger partial charge in [0.05, 0.1) is 17.5 Å². The molecular weight excluding hydrogens is 309 g/mol. The summed E-state index contributed by atoms with van der Waals surface area (Å²) in [6, 6.07) is 0.368. The second-order valence-corrected chi connectivity index (χ2v) is 5.01. The predicted molar refractivity (Wildman–Crippen MR) is 68.1 cm³/mol. The largest absolute Gasteiger partial charge is 0.433 e. The first kappa shape index (κ1) is 15.3. The molecule has 0 saturated heterocycles. The van der Waals surface area contributed by atoms with Crippen molar-refractivity contribution in [1.29, 1.82) is 0 Å². The maximum Gasteiger partial charge on any atom is 0.433 e. The highest BCUT2D eigenvalue weighted by atomic mass is 32.2. The van der Waals surface area contributed by atoms with Crippen molar-refractivity contribution in [1.82, 2.24) is 19.7 Å². The lowest BCUT2D eigenvalue weighted by Gasteiger charge is -2.06. The van der Waals surface area contributed by atoms with Gasteiger partial charge in [-0.2, -0.15) is 18.3 Å². The summed E-state index contributed by atoms with van der Waals surface area (Å²) in [7, 11) is 1.63. The maximum absolute atomic E-state index is 12.5. The Morgan fingerprint density at radius 3 is 2.76 bits per heavy atom. The third-order valence-corrected chi connectivity index (χ3v) is 3.25. The average molecular weight is 318 g/mol. The van der Waals surface area contributed by atoms with E-state index in [1.54, 1.807) is 7.05 Å². The number of carbonyl (C=O) groups excluding carboxylic acids is 1. The molecule has 0 atom stereocenters. The number of rotatable bonds is 4. The van der Waals surface area contributed by atoms with E-state index >= 15 is 0 Å². The van der Waals surface area contributed by atoms with Gasteiger partial charge in [-0.05, 0) is 0 Å². The van der Waals surface area contributed by atoms with Crippen LogP contribution in [0.1, 0.15) is 16.1 Å². The molecule has 0 aliphatic rings. The van der Waals surface area contributed by atoms with Crippen molar-refractivity contribution >= 4 is 17.5 Å². The number of thioether (sulfide) groups is 1. The number of Topliss-reactive ketones (excluding diaryl/α,β-unsaturated/α-hetero) is 1. The van der Waals surface area contributed by atoms with Gasteiger partial charge in [-0.1, -0.05) is 11.8 Å². The number of ketones is 1. The first-order valence-electron chi connectivity index (χ1n) is 5.59. The zero-order valence-electron chi connectivity index (χ0n) is 10.6. The van der Waals surface area contributed by atoms with Gasteiger partial charge in [-0.25, -0.2) is 4.98 Å². The van der Waals surface area contributed by atoms with Crippen molar-refractivity contribution in [3.8, 4) is 0 Å². The molecule has 0 unspecified atom stereocenters. The minimum atomic E-state index is -4.71. The molecule has 0 radical (unpaired) electrons. The van der Waals surface area contributed by atoms with Gasteiger partial charge in [-0.3, -0.25) is 14.3 Å². The highest BCUT2D eigenvalue weighted by Gasteiger charge is 2.33. The Hall–Kier alpha value is -2.10. The zero-order valence-corrected chi connectivity index (χ0v) is 11.5. The molecule has 0 aliphatic carbocycles. The van der Waals surface area contributed by atoms with Gasteiger partial charge >= 0.3 is 6.18 Å². The first-order chi connectivity index (χ1) is 9.75. The average Bonchev–Trinajstić information content (AvgIpc) is 2.81. The molecule has 2 aromatic heterocycles. The molecule has 0 bridgehead atoms. The van der Waals surface area contributed by atoms with Gasteiger partial charge in [0, 0.05) is 19.3 Å². The van der Waals surface area contributed by atoms with Gasteiger partial charge in [-0.15, -0.1) is 0 Å². The van der Waals surface area contributed by atoms with E-state index in [9.17, 15) is 22.8 Å². The molecule has 2 aromatic rings. The van der Waals surface area contributed by atoms with Crippen molar-refractivity contribution in [3.63, 3.8) is 0 Å². The van der Waals surface area contributed by atoms with E-state index < -0.39 is 17.4 Å². The molecule has 10 heteroatoms. The number of hydrogen-bond donors (Lipinski definition) is 1. The molecular formula is C11H9F3N4O2S. The Bertz CT molecular complexity index is 723. The van der Waals surface area contributed by atoms with Crippen LogP contribution >= 0.6 is 11.8 Å². The third-order valence-electron chi connectivity index (χ3n) is 2.38. The highest BCUT2D eigenvalue weighted by molar-refractivity contribution is 7.99. The normalized spacial score (nSPS) is 11.6. The monoisotopic (exact) mass is 318 g/mol. The molecule has 1 N–H and O–H groups in total. The van der Waals surface area contributed by atoms with Crippen molar-refractivity contribution in [3.05, 3.63) is 40.1 Å². The smallest absolute Gasteiger partial charge is 0.301 e. The Balaban J connectivity index is 2.12. The van der Waals surface area contributed by atoms with Crippen molar-refractivity contribution in [2.75, 3.05) is 5.75 Å². The fraction of sp³-hybridized carbons (Fsp3) is 0.273. The van der Waals surface area contributed by atoms with Gasteiger partial charge in [0.1, 0.15) is 0 Å². The van der Waals surface area contributed by atoms with E-state index in [2.05, 4.69) is 15.1 Å². The number of aryl methyl sites for hydroxylation is 1. The number of nitrogens with one attached hydrogen (secondary N) is 1. The Labute approximate surface area is 120 Å². The summed E-state index contributed by atoms with van der Waals surface area (Å²) in [5.41, 5.74) is -1.88. The summed E-state index contributed by atoms with van der Waals surface area (Å²) in [6.07, 6.45) is -1.87. The topological polar surface area (TPSA) is 80.6 Å². The molecule has 0 spiro atoms. The molecule has 0 saturated carbocycles. The van der Waals surface area contributed by atoms with Crippen molar-refractivity contribution in [2.24, 2.45) is 7.05 Å². The van der Waals surface area contributed by atoms with Crippen LogP contribution in [0.25, 0.3) is 0 Å². The molecule has 6 nitrogen and oxygen atoms in total. The Kier molecular flexibility index (Phi) is 4.16. The van der Waals surface area contributed by atoms with E-state index in [4.69, 9.17) is 0 Å². The summed E-state index contributed by atoms with van der Waals surface area (Å²) >= 11 is 0.724. The summed E-state index contributed by atoms with van der Waals surface area (Å²) in [5, 5.41) is 3.56. The number of halogens is 3. The number of carbonyl (C=O) groups is 1. The third kappa shape index (κ3) is 3.94. The van der Waals surface area contributed by atoms with Crippen LogP contribution in [0.2, 0.25) is 0 Å². The molecule has 2 heterocycles. The molecule has 2 rings (SSSR count). The van der Waals surface area contributed by atoms with Gasteiger partial charge in [0.2, 0.25) is 0 Å². The van der Waals surface area contributed by atoms with Crippen LogP contribution in [0.15, 0.2) is 28.4 Å². The van der Waals surface area contributed by atoms with Crippen LogP contribution in [0.3, 0.4) is 0 Å². The van der Waals surface area contributed by atoms with Gasteiger partial charge < -0.3 is 4.98 Å². The minimum absolute atomic E-state index is 0.157. The van der Waals surface area contributed by atoms with Gasteiger partial charge in [0.15, 0.2) is 16.6 Å². The molecule has 0 amide bonds. The number of nitrogens with zero attached hydrogens (tertiary/aromatic N) is 3. The lowest BCUT2D eigenvalue weighted by atomic mass is 10.3. The van der Waals surface area contributed by atoms with Crippen LogP contribution in [0, 0.1) is 0 Å². The highest BCUT2D eigenvalue weighted by Crippen LogP contribution is 2.27. The SMILES string of the molecule is Cn1cc(C(=O)CSc2nc(C(F)(F)F)cc(=O)[nH]2)cn1. The molecule has 112 valence electrons. The Morgan fingerprint density at radius 1 is 1.48 bits per heavy atom. The summed E-state index contributed by atoms with van der Waals surface area (Å²) in [6.45, 7) is 0. The van der Waals surface area contributed by atoms with E-state index in [1.807, 2.05) is 0 Å². The van der Waals surface area contributed by atoms with E-state index in [0.29, 0.717) is 11.6 Å². The fourth-order valence-corrected chi connectivity index (χ4v) is 2.20. The molecule has 21 heavy (non-hydrogen) atoms.